The Balaban J connectivity index is 1.64. The molecule has 1 N–H and O–H groups in total. The molecule has 134 valence electrons. The summed E-state index contributed by atoms with van der Waals surface area (Å²) in [5.74, 6) is -0.725. The lowest BCUT2D eigenvalue weighted by Crippen LogP contribution is -2.46. The highest BCUT2D eigenvalue weighted by Crippen LogP contribution is 2.27. The van der Waals surface area contributed by atoms with Gasteiger partial charge in [-0.25, -0.2) is 12.8 Å². The third kappa shape index (κ3) is 4.03. The smallest absolute Gasteiger partial charge is 0.261 e. The number of carbonyl (C=O) groups excluding carboxylic acids is 1. The Labute approximate surface area is 154 Å². The molecule has 1 aliphatic rings. The van der Waals surface area contributed by atoms with Crippen LogP contribution in [0.25, 0.3) is 0 Å². The van der Waals surface area contributed by atoms with Crippen LogP contribution < -0.4 is 5.32 Å². The molecule has 2 heterocycles. The van der Waals surface area contributed by atoms with Crippen molar-refractivity contribution in [1.82, 2.24) is 9.62 Å². The molecule has 2 aromatic rings. The molecule has 0 atom stereocenters. The van der Waals surface area contributed by atoms with E-state index >= 15 is 0 Å². The summed E-state index contributed by atoms with van der Waals surface area (Å²) in [5.41, 5.74) is 0. The van der Waals surface area contributed by atoms with Crippen molar-refractivity contribution < 1.29 is 17.6 Å². The summed E-state index contributed by atoms with van der Waals surface area (Å²) in [5, 5.41) is 4.62. The van der Waals surface area contributed by atoms with Crippen molar-refractivity contribution in [3.8, 4) is 0 Å². The van der Waals surface area contributed by atoms with E-state index in [0.717, 1.165) is 12.1 Å². The van der Waals surface area contributed by atoms with Crippen LogP contribution in [0.3, 0.4) is 0 Å². The maximum Gasteiger partial charge on any atom is 0.261 e. The zero-order chi connectivity index (χ0) is 18.0. The zero-order valence-corrected chi connectivity index (χ0v) is 15.5. The third-order valence-electron chi connectivity index (χ3n) is 4.05. The number of amides is 1. The van der Waals surface area contributed by atoms with E-state index in [1.54, 1.807) is 12.1 Å². The van der Waals surface area contributed by atoms with E-state index in [1.165, 1.54) is 21.7 Å². The maximum absolute atomic E-state index is 13.1. The molecule has 0 spiro atoms. The molecule has 25 heavy (non-hydrogen) atoms. The zero-order valence-electron chi connectivity index (χ0n) is 13.1. The van der Waals surface area contributed by atoms with Crippen LogP contribution in [-0.4, -0.2) is 37.8 Å². The first-order valence-electron chi connectivity index (χ1n) is 7.67. The number of sulfonamides is 1. The topological polar surface area (TPSA) is 66.5 Å². The summed E-state index contributed by atoms with van der Waals surface area (Å²) in [6, 6.07) is 6.72. The van der Waals surface area contributed by atoms with Crippen molar-refractivity contribution in [2.45, 2.75) is 23.8 Å². The Kier molecular flexibility index (Phi) is 5.43. The molecule has 3 rings (SSSR count). The molecule has 1 aliphatic heterocycles. The number of thiophene rings is 1. The number of carbonyl (C=O) groups is 1. The predicted octanol–water partition coefficient (Wildman–Crippen LogP) is 3.12. The van der Waals surface area contributed by atoms with E-state index in [2.05, 4.69) is 5.32 Å². The summed E-state index contributed by atoms with van der Waals surface area (Å²) < 4.78 is 39.8. The minimum absolute atomic E-state index is 0.0789. The number of nitrogens with zero attached hydrogens (tertiary/aromatic N) is 1. The van der Waals surface area contributed by atoms with Gasteiger partial charge in [-0.3, -0.25) is 4.79 Å². The molecule has 1 aromatic carbocycles. The van der Waals surface area contributed by atoms with Crippen LogP contribution >= 0.6 is 22.9 Å². The molecular weight excluding hydrogens is 387 g/mol. The Morgan fingerprint density at radius 3 is 2.60 bits per heavy atom. The number of hydrogen-bond donors (Lipinski definition) is 1. The molecule has 0 unspecified atom stereocenters. The SMILES string of the molecule is O=C(NC1CCN(S(=O)(=O)c2ccc(F)cc2Cl)CC1)c1cccs1. The highest BCUT2D eigenvalue weighted by Gasteiger charge is 2.31. The van der Waals surface area contributed by atoms with Gasteiger partial charge in [-0.2, -0.15) is 4.31 Å². The highest BCUT2D eigenvalue weighted by atomic mass is 35.5. The summed E-state index contributed by atoms with van der Waals surface area (Å²) >= 11 is 7.25. The monoisotopic (exact) mass is 402 g/mol. The van der Waals surface area contributed by atoms with Crippen LogP contribution in [0.5, 0.6) is 0 Å². The highest BCUT2D eigenvalue weighted by molar-refractivity contribution is 7.89. The number of halogens is 2. The van der Waals surface area contributed by atoms with Gasteiger partial charge in [-0.05, 0) is 42.5 Å². The number of piperidine rings is 1. The van der Waals surface area contributed by atoms with Crippen molar-refractivity contribution in [2.75, 3.05) is 13.1 Å². The molecule has 1 saturated heterocycles. The molecule has 1 amide bonds. The lowest BCUT2D eigenvalue weighted by atomic mass is 10.1. The molecule has 0 saturated carbocycles. The second-order valence-electron chi connectivity index (χ2n) is 5.70. The van der Waals surface area contributed by atoms with Gasteiger partial charge in [0.15, 0.2) is 0 Å². The van der Waals surface area contributed by atoms with Gasteiger partial charge >= 0.3 is 0 Å². The van der Waals surface area contributed by atoms with E-state index in [1.807, 2.05) is 5.38 Å². The normalized spacial score (nSPS) is 16.7. The van der Waals surface area contributed by atoms with Gasteiger partial charge in [0.05, 0.1) is 9.90 Å². The fourth-order valence-corrected chi connectivity index (χ4v) is 5.33. The lowest BCUT2D eigenvalue weighted by molar-refractivity contribution is 0.0928. The number of nitrogens with one attached hydrogen (secondary N) is 1. The summed E-state index contributed by atoms with van der Waals surface area (Å²) in [4.78, 5) is 12.6. The van der Waals surface area contributed by atoms with Crippen molar-refractivity contribution >= 4 is 38.9 Å². The van der Waals surface area contributed by atoms with E-state index in [4.69, 9.17) is 11.6 Å². The molecule has 5 nitrogen and oxygen atoms in total. The van der Waals surface area contributed by atoms with Gasteiger partial charge in [0.1, 0.15) is 10.7 Å². The molecule has 0 radical (unpaired) electrons. The predicted molar refractivity (Wildman–Crippen MR) is 95.0 cm³/mol. The Bertz CT molecular complexity index is 864. The van der Waals surface area contributed by atoms with E-state index in [-0.39, 0.29) is 35.0 Å². The van der Waals surface area contributed by atoms with Gasteiger partial charge in [0.2, 0.25) is 10.0 Å². The first-order chi connectivity index (χ1) is 11.9. The molecule has 1 aromatic heterocycles. The fourth-order valence-electron chi connectivity index (χ4n) is 2.73. The second-order valence-corrected chi connectivity index (χ2v) is 8.97. The third-order valence-corrected chi connectivity index (χ3v) is 7.30. The standard InChI is InChI=1S/C16H16ClFN2O3S2/c17-13-10-11(18)3-4-15(13)25(22,23)20-7-5-12(6-8-20)19-16(21)14-2-1-9-24-14/h1-4,9-10,12H,5-8H2,(H,19,21). The van der Waals surface area contributed by atoms with Gasteiger partial charge in [-0.1, -0.05) is 17.7 Å². The fraction of sp³-hybridized carbons (Fsp3) is 0.312. The van der Waals surface area contributed by atoms with Crippen LogP contribution in [0.2, 0.25) is 5.02 Å². The van der Waals surface area contributed by atoms with E-state index in [0.29, 0.717) is 17.7 Å². The number of hydrogen-bond acceptors (Lipinski definition) is 4. The Morgan fingerprint density at radius 1 is 1.28 bits per heavy atom. The van der Waals surface area contributed by atoms with Crippen LogP contribution in [0.1, 0.15) is 22.5 Å². The Morgan fingerprint density at radius 2 is 2.00 bits per heavy atom. The van der Waals surface area contributed by atoms with Gasteiger partial charge in [0.25, 0.3) is 5.91 Å². The molecule has 9 heteroatoms. The summed E-state index contributed by atoms with van der Waals surface area (Å²) in [6.07, 6.45) is 1.02. The van der Waals surface area contributed by atoms with E-state index < -0.39 is 15.8 Å². The van der Waals surface area contributed by atoms with Gasteiger partial charge < -0.3 is 5.32 Å². The minimum atomic E-state index is -3.78. The second kappa shape index (κ2) is 7.41. The van der Waals surface area contributed by atoms with Gasteiger partial charge in [0, 0.05) is 19.1 Å². The van der Waals surface area contributed by atoms with E-state index in [9.17, 15) is 17.6 Å². The van der Waals surface area contributed by atoms with Crippen LogP contribution in [0.15, 0.2) is 40.6 Å². The molecule has 1 fully saturated rings. The van der Waals surface area contributed by atoms with Crippen LogP contribution in [0.4, 0.5) is 4.39 Å². The number of benzene rings is 1. The lowest BCUT2D eigenvalue weighted by Gasteiger charge is -2.31. The van der Waals surface area contributed by atoms with Crippen molar-refractivity contribution in [3.05, 3.63) is 51.4 Å². The van der Waals surface area contributed by atoms with Gasteiger partial charge in [-0.15, -0.1) is 11.3 Å². The van der Waals surface area contributed by atoms with Crippen molar-refractivity contribution in [2.24, 2.45) is 0 Å². The largest absolute Gasteiger partial charge is 0.349 e. The first kappa shape index (κ1) is 18.3. The average Bonchev–Trinajstić information content (AvgIpc) is 3.09. The Hall–Kier alpha value is -1.48. The molecular formula is C16H16ClFN2O3S2. The van der Waals surface area contributed by atoms with Crippen LogP contribution in [-0.2, 0) is 10.0 Å². The van der Waals surface area contributed by atoms with Crippen molar-refractivity contribution in [1.29, 1.82) is 0 Å². The molecule has 0 bridgehead atoms. The summed E-state index contributed by atoms with van der Waals surface area (Å²) in [6.45, 7) is 0.539. The van der Waals surface area contributed by atoms with Crippen LogP contribution in [0, 0.1) is 5.82 Å². The summed E-state index contributed by atoms with van der Waals surface area (Å²) in [7, 11) is -3.78. The maximum atomic E-state index is 13.1. The van der Waals surface area contributed by atoms with Crippen molar-refractivity contribution in [3.63, 3.8) is 0 Å². The first-order valence-corrected chi connectivity index (χ1v) is 10.4. The minimum Gasteiger partial charge on any atom is -0.349 e. The number of rotatable bonds is 4. The molecule has 0 aliphatic carbocycles. The average molecular weight is 403 g/mol. The quantitative estimate of drug-likeness (QED) is 0.854.